The molecule has 8 nitrogen and oxygen atoms in total. The van der Waals surface area contributed by atoms with E-state index >= 15 is 0 Å². The number of nitrogens with zero attached hydrogens (tertiary/aromatic N) is 7. The van der Waals surface area contributed by atoms with Crippen molar-refractivity contribution >= 4 is 29.3 Å². The smallest absolute Gasteiger partial charge is 0.221 e. The van der Waals surface area contributed by atoms with Crippen molar-refractivity contribution in [1.29, 1.82) is 0 Å². The van der Waals surface area contributed by atoms with Crippen LogP contribution in [0.1, 0.15) is 5.56 Å². The Kier molecular flexibility index (Phi) is 4.03. The molecule has 144 valence electrons. The highest BCUT2D eigenvalue weighted by atomic mass is 31.2. The molecule has 29 heavy (non-hydrogen) atoms. The SMILES string of the molecule is CP(C)(=O)c1cncc(-c2cnc3nnn(Cc4ccc5cccn5c4)c3n2)c1. The van der Waals surface area contributed by atoms with Gasteiger partial charge in [-0.2, -0.15) is 0 Å². The minimum atomic E-state index is -2.41. The molecule has 0 amide bonds. The van der Waals surface area contributed by atoms with Crippen LogP contribution in [0.15, 0.2) is 61.3 Å². The molecule has 0 fully saturated rings. The lowest BCUT2D eigenvalue weighted by atomic mass is 10.2. The number of rotatable bonds is 4. The molecule has 0 radical (unpaired) electrons. The van der Waals surface area contributed by atoms with Crippen molar-refractivity contribution in [3.63, 3.8) is 0 Å². The molecule has 0 saturated heterocycles. The zero-order valence-corrected chi connectivity index (χ0v) is 16.9. The van der Waals surface area contributed by atoms with Crippen LogP contribution in [0.5, 0.6) is 0 Å². The fourth-order valence-electron chi connectivity index (χ4n) is 3.21. The molecule has 5 aromatic heterocycles. The lowest BCUT2D eigenvalue weighted by Crippen LogP contribution is -2.06. The Morgan fingerprint density at radius 3 is 2.86 bits per heavy atom. The second kappa shape index (κ2) is 6.60. The molecule has 0 aliphatic rings. The summed E-state index contributed by atoms with van der Waals surface area (Å²) < 4.78 is 16.2. The van der Waals surface area contributed by atoms with Crippen LogP contribution in [0, 0.1) is 0 Å². The molecule has 0 unspecified atom stereocenters. The summed E-state index contributed by atoms with van der Waals surface area (Å²) in [4.78, 5) is 13.3. The first-order valence-corrected chi connectivity index (χ1v) is 11.7. The van der Waals surface area contributed by atoms with Crippen molar-refractivity contribution in [3.8, 4) is 11.3 Å². The number of aromatic nitrogens is 7. The molecule has 0 aliphatic carbocycles. The van der Waals surface area contributed by atoms with Crippen molar-refractivity contribution in [2.24, 2.45) is 0 Å². The van der Waals surface area contributed by atoms with Gasteiger partial charge in [0.15, 0.2) is 5.65 Å². The first-order valence-electron chi connectivity index (χ1n) is 9.10. The van der Waals surface area contributed by atoms with Crippen molar-refractivity contribution < 1.29 is 4.57 Å². The molecule has 0 bridgehead atoms. The highest BCUT2D eigenvalue weighted by molar-refractivity contribution is 7.70. The van der Waals surface area contributed by atoms with Crippen LogP contribution >= 0.6 is 7.14 Å². The summed E-state index contributed by atoms with van der Waals surface area (Å²) >= 11 is 0. The first-order chi connectivity index (χ1) is 14.0. The van der Waals surface area contributed by atoms with Gasteiger partial charge in [0.25, 0.3) is 0 Å². The largest absolute Gasteiger partial charge is 0.324 e. The van der Waals surface area contributed by atoms with Gasteiger partial charge in [0, 0.05) is 41.2 Å². The van der Waals surface area contributed by atoms with Crippen molar-refractivity contribution in [2.45, 2.75) is 6.54 Å². The summed E-state index contributed by atoms with van der Waals surface area (Å²) in [5.41, 5.74) is 4.70. The highest BCUT2D eigenvalue weighted by Gasteiger charge is 2.15. The van der Waals surface area contributed by atoms with Gasteiger partial charge in [0.1, 0.15) is 7.14 Å². The van der Waals surface area contributed by atoms with E-state index < -0.39 is 7.14 Å². The Hall–Kier alpha value is -3.38. The molecule has 5 aromatic rings. The van der Waals surface area contributed by atoms with Gasteiger partial charge in [0.2, 0.25) is 5.65 Å². The highest BCUT2D eigenvalue weighted by Crippen LogP contribution is 2.35. The summed E-state index contributed by atoms with van der Waals surface area (Å²) in [5, 5.41) is 9.06. The molecular weight excluding hydrogens is 385 g/mol. The van der Waals surface area contributed by atoms with Crippen molar-refractivity contribution in [1.82, 2.24) is 34.3 Å². The molecule has 5 rings (SSSR count). The van der Waals surface area contributed by atoms with Crippen LogP contribution in [0.25, 0.3) is 28.1 Å². The van der Waals surface area contributed by atoms with Gasteiger partial charge in [-0.1, -0.05) is 11.3 Å². The molecule has 0 saturated carbocycles. The summed E-state index contributed by atoms with van der Waals surface area (Å²) in [6.45, 7) is 3.98. The summed E-state index contributed by atoms with van der Waals surface area (Å²) in [7, 11) is -2.41. The Labute approximate surface area is 166 Å². The molecule has 9 heteroatoms. The maximum Gasteiger partial charge on any atom is 0.221 e. The van der Waals surface area contributed by atoms with Crippen LogP contribution in [-0.4, -0.2) is 47.7 Å². The molecule has 5 heterocycles. The van der Waals surface area contributed by atoms with E-state index in [4.69, 9.17) is 4.98 Å². The fourth-order valence-corrected chi connectivity index (χ4v) is 4.00. The predicted octanol–water partition coefficient (Wildman–Crippen LogP) is 2.83. The van der Waals surface area contributed by atoms with E-state index in [9.17, 15) is 4.57 Å². The number of hydrogen-bond donors (Lipinski definition) is 0. The van der Waals surface area contributed by atoms with Gasteiger partial charge in [-0.3, -0.25) is 4.98 Å². The van der Waals surface area contributed by atoms with E-state index in [1.165, 1.54) is 0 Å². The molecule has 0 atom stereocenters. The third-order valence-corrected chi connectivity index (χ3v) is 6.27. The summed E-state index contributed by atoms with van der Waals surface area (Å²) in [6.07, 6.45) is 9.05. The molecule has 0 N–H and O–H groups in total. The van der Waals surface area contributed by atoms with E-state index in [0.717, 1.165) is 16.6 Å². The quantitative estimate of drug-likeness (QED) is 0.429. The second-order valence-corrected chi connectivity index (χ2v) is 10.5. The predicted molar refractivity (Wildman–Crippen MR) is 112 cm³/mol. The van der Waals surface area contributed by atoms with Crippen LogP contribution in [0.2, 0.25) is 0 Å². The zero-order chi connectivity index (χ0) is 20.0. The average molecular weight is 403 g/mol. The van der Waals surface area contributed by atoms with Gasteiger partial charge in [-0.15, -0.1) is 5.10 Å². The fraction of sp³-hybridized carbons (Fsp3) is 0.150. The maximum atomic E-state index is 12.4. The van der Waals surface area contributed by atoms with E-state index in [-0.39, 0.29) is 0 Å². The number of pyridine rings is 2. The lowest BCUT2D eigenvalue weighted by Gasteiger charge is -2.08. The Morgan fingerprint density at radius 1 is 1.10 bits per heavy atom. The van der Waals surface area contributed by atoms with Crippen LogP contribution in [0.3, 0.4) is 0 Å². The first kappa shape index (κ1) is 17.7. The molecular formula is C20H18N7OP. The number of fused-ring (bicyclic) bond motifs is 2. The minimum absolute atomic E-state index is 0.483. The van der Waals surface area contributed by atoms with Gasteiger partial charge in [-0.05, 0) is 43.2 Å². The standard InChI is InChI=1S/C20H18N7OP/c1-29(2,28)17-8-15(9-21-10-17)18-11-22-19-20(23-18)27(25-24-19)13-14-5-6-16-4-3-7-26(16)12-14/h3-12H,13H2,1-2H3. The number of hydrogen-bond acceptors (Lipinski definition) is 6. The van der Waals surface area contributed by atoms with E-state index in [1.54, 1.807) is 36.6 Å². The Morgan fingerprint density at radius 2 is 2.00 bits per heavy atom. The summed E-state index contributed by atoms with van der Waals surface area (Å²) in [6, 6.07) is 10.1. The van der Waals surface area contributed by atoms with Crippen LogP contribution in [0.4, 0.5) is 0 Å². The Bertz CT molecular complexity index is 1400. The van der Waals surface area contributed by atoms with Gasteiger partial charge in [-0.25, -0.2) is 14.6 Å². The molecule has 0 spiro atoms. The van der Waals surface area contributed by atoms with Gasteiger partial charge >= 0.3 is 0 Å². The maximum absolute atomic E-state index is 12.4. The van der Waals surface area contributed by atoms with Crippen LogP contribution in [-0.2, 0) is 11.1 Å². The monoisotopic (exact) mass is 403 g/mol. The minimum Gasteiger partial charge on any atom is -0.324 e. The second-order valence-electron chi connectivity index (χ2n) is 7.31. The summed E-state index contributed by atoms with van der Waals surface area (Å²) in [5.74, 6) is 0. The topological polar surface area (TPSA) is 90.9 Å². The third kappa shape index (κ3) is 3.32. The van der Waals surface area contributed by atoms with E-state index in [2.05, 4.69) is 49.1 Å². The zero-order valence-electron chi connectivity index (χ0n) is 16.0. The molecule has 0 aromatic carbocycles. The van der Waals surface area contributed by atoms with Gasteiger partial charge < -0.3 is 8.97 Å². The van der Waals surface area contributed by atoms with Crippen molar-refractivity contribution in [3.05, 3.63) is 66.9 Å². The third-order valence-electron chi connectivity index (χ3n) is 4.79. The normalized spacial score (nSPS) is 12.1. The van der Waals surface area contributed by atoms with Crippen molar-refractivity contribution in [2.75, 3.05) is 13.3 Å². The van der Waals surface area contributed by atoms with E-state index in [0.29, 0.717) is 28.8 Å². The average Bonchev–Trinajstić information content (AvgIpc) is 3.34. The Balaban J connectivity index is 1.54. The lowest BCUT2D eigenvalue weighted by molar-refractivity contribution is 0.588. The molecule has 0 aliphatic heterocycles. The van der Waals surface area contributed by atoms with Crippen LogP contribution < -0.4 is 5.30 Å². The van der Waals surface area contributed by atoms with E-state index in [1.807, 2.05) is 18.3 Å². The van der Waals surface area contributed by atoms with Gasteiger partial charge in [0.05, 0.1) is 18.4 Å².